The van der Waals surface area contributed by atoms with Crippen LogP contribution in [0.4, 0.5) is 5.82 Å². The van der Waals surface area contributed by atoms with Crippen molar-refractivity contribution in [3.8, 4) is 11.5 Å². The summed E-state index contributed by atoms with van der Waals surface area (Å²) < 4.78 is 16.3. The van der Waals surface area contributed by atoms with Gasteiger partial charge < -0.3 is 24.4 Å². The molecule has 194 valence electrons. The highest BCUT2D eigenvalue weighted by atomic mass is 16.5. The molecule has 2 amide bonds. The average Bonchev–Trinajstić information content (AvgIpc) is 3.25. The molecular weight excluding hydrogens is 474 g/mol. The number of anilines is 1. The van der Waals surface area contributed by atoms with Gasteiger partial charge in [-0.15, -0.1) is 0 Å². The average molecular weight is 506 g/mol. The molecule has 0 radical (unpaired) electrons. The summed E-state index contributed by atoms with van der Waals surface area (Å²) in [5, 5.41) is 2.85. The van der Waals surface area contributed by atoms with Gasteiger partial charge in [0.1, 0.15) is 23.4 Å². The first-order valence-corrected chi connectivity index (χ1v) is 12.7. The Morgan fingerprint density at radius 3 is 2.68 bits per heavy atom. The Labute approximate surface area is 215 Å². The van der Waals surface area contributed by atoms with Crippen molar-refractivity contribution in [2.75, 3.05) is 26.1 Å². The molecule has 37 heavy (non-hydrogen) atoms. The van der Waals surface area contributed by atoms with Crippen molar-refractivity contribution >= 4 is 23.6 Å². The molecule has 2 aromatic rings. The third-order valence-electron chi connectivity index (χ3n) is 7.45. The molecule has 1 atom stereocenters. The molecule has 1 aliphatic carbocycles. The summed E-state index contributed by atoms with van der Waals surface area (Å²) in [6.45, 7) is 0.325. The van der Waals surface area contributed by atoms with Crippen LogP contribution < -0.4 is 14.8 Å². The maximum Gasteiger partial charge on any atom is 0.339 e. The van der Waals surface area contributed by atoms with Gasteiger partial charge in [0.15, 0.2) is 5.76 Å². The molecule has 3 heterocycles. The van der Waals surface area contributed by atoms with E-state index in [1.165, 1.54) is 19.7 Å². The minimum Gasteiger partial charge on any atom is -0.496 e. The van der Waals surface area contributed by atoms with Gasteiger partial charge in [-0.3, -0.25) is 9.59 Å². The maximum absolute atomic E-state index is 13.6. The van der Waals surface area contributed by atoms with E-state index in [0.29, 0.717) is 48.4 Å². The van der Waals surface area contributed by atoms with Crippen LogP contribution in [0.5, 0.6) is 11.5 Å². The molecule has 1 unspecified atom stereocenters. The van der Waals surface area contributed by atoms with Crippen LogP contribution in [0.25, 0.3) is 0 Å². The summed E-state index contributed by atoms with van der Waals surface area (Å²) in [4.78, 5) is 44.7. The Bertz CT molecular complexity index is 1230. The molecule has 2 aliphatic heterocycles. The first-order valence-electron chi connectivity index (χ1n) is 12.7. The number of rotatable bonds is 7. The molecule has 1 N–H and O–H groups in total. The molecule has 9 heteroatoms. The standard InChI is InChI=1S/C28H31N3O6/c1-35-22-9-6-10-23-20(22)14-19-16-31(27(33)25(19)37-23)21(13-17-7-4-3-5-8-17)26(32)30-24-12-11-18(15-29-24)28(34)36-2/h6,9-12,15,17,21H,3-5,7-8,13-14,16H2,1-2H3,(H,29,30,32). The Kier molecular flexibility index (Phi) is 7.12. The third kappa shape index (κ3) is 5.03. The van der Waals surface area contributed by atoms with Gasteiger partial charge in [-0.2, -0.15) is 0 Å². The van der Waals surface area contributed by atoms with Gasteiger partial charge >= 0.3 is 5.97 Å². The topological polar surface area (TPSA) is 107 Å². The quantitative estimate of drug-likeness (QED) is 0.569. The Hall–Kier alpha value is -3.88. The molecule has 1 fully saturated rings. The summed E-state index contributed by atoms with van der Waals surface area (Å²) in [7, 11) is 2.91. The number of hydrogen-bond acceptors (Lipinski definition) is 7. The lowest BCUT2D eigenvalue weighted by Gasteiger charge is -2.31. The number of hydrogen-bond donors (Lipinski definition) is 1. The fourth-order valence-electron chi connectivity index (χ4n) is 5.49. The highest BCUT2D eigenvalue weighted by Crippen LogP contribution is 2.40. The maximum atomic E-state index is 13.6. The molecule has 0 bridgehead atoms. The second-order valence-corrected chi connectivity index (χ2v) is 9.75. The number of carbonyl (C=O) groups is 3. The van der Waals surface area contributed by atoms with Crippen LogP contribution in [0.1, 0.15) is 54.4 Å². The first kappa shape index (κ1) is 24.8. The normalized spacial score (nSPS) is 18.0. The molecule has 3 aliphatic rings. The SMILES string of the molecule is COC(=O)c1ccc(NC(=O)C(CC2CCCCC2)N2CC3=C(Oc4cccc(OC)c4C3)C2=O)nc1. The Morgan fingerprint density at radius 2 is 1.97 bits per heavy atom. The van der Waals surface area contributed by atoms with E-state index < -0.39 is 12.0 Å². The fraction of sp³-hybridized carbons (Fsp3) is 0.429. The molecule has 0 spiro atoms. The third-order valence-corrected chi connectivity index (χ3v) is 7.45. The van der Waals surface area contributed by atoms with E-state index >= 15 is 0 Å². The summed E-state index contributed by atoms with van der Waals surface area (Å²) >= 11 is 0. The molecule has 5 rings (SSSR count). The number of amides is 2. The minimum atomic E-state index is -0.670. The Balaban J connectivity index is 1.36. The summed E-state index contributed by atoms with van der Waals surface area (Å²) in [5.41, 5.74) is 2.04. The smallest absolute Gasteiger partial charge is 0.339 e. The van der Waals surface area contributed by atoms with E-state index in [4.69, 9.17) is 14.2 Å². The zero-order valence-electron chi connectivity index (χ0n) is 21.1. The van der Waals surface area contributed by atoms with Crippen LogP contribution in [-0.2, 0) is 20.7 Å². The van der Waals surface area contributed by atoms with Crippen LogP contribution in [0.3, 0.4) is 0 Å². The van der Waals surface area contributed by atoms with Crippen molar-refractivity contribution in [1.29, 1.82) is 0 Å². The highest BCUT2D eigenvalue weighted by Gasteiger charge is 2.42. The zero-order valence-corrected chi connectivity index (χ0v) is 21.1. The summed E-state index contributed by atoms with van der Waals surface area (Å²) in [6.07, 6.45) is 8.04. The van der Waals surface area contributed by atoms with Gasteiger partial charge in [0.05, 0.1) is 19.8 Å². The van der Waals surface area contributed by atoms with Gasteiger partial charge in [0.25, 0.3) is 5.91 Å². The van der Waals surface area contributed by atoms with Gasteiger partial charge in [0.2, 0.25) is 5.91 Å². The van der Waals surface area contributed by atoms with Crippen molar-refractivity contribution in [2.45, 2.75) is 51.0 Å². The van der Waals surface area contributed by atoms with E-state index in [1.54, 1.807) is 24.1 Å². The summed E-state index contributed by atoms with van der Waals surface area (Å²) in [6, 6.07) is 7.97. The number of carbonyl (C=O) groups excluding carboxylic acids is 3. The van der Waals surface area contributed by atoms with Crippen molar-refractivity contribution in [1.82, 2.24) is 9.88 Å². The lowest BCUT2D eigenvalue weighted by atomic mass is 9.84. The second-order valence-electron chi connectivity index (χ2n) is 9.75. The highest BCUT2D eigenvalue weighted by molar-refractivity contribution is 6.02. The number of nitrogens with one attached hydrogen (secondary N) is 1. The number of pyridine rings is 1. The molecule has 0 saturated heterocycles. The van der Waals surface area contributed by atoms with Crippen molar-refractivity contribution in [3.05, 3.63) is 59.0 Å². The van der Waals surface area contributed by atoms with Gasteiger partial charge in [0, 0.05) is 30.3 Å². The number of nitrogens with zero attached hydrogens (tertiary/aromatic N) is 2. The van der Waals surface area contributed by atoms with Crippen LogP contribution in [0.15, 0.2) is 47.9 Å². The van der Waals surface area contributed by atoms with Gasteiger partial charge in [-0.1, -0.05) is 38.2 Å². The molecule has 9 nitrogen and oxygen atoms in total. The van der Waals surface area contributed by atoms with Crippen molar-refractivity contribution in [2.24, 2.45) is 5.92 Å². The number of esters is 1. The lowest BCUT2D eigenvalue weighted by Crippen LogP contribution is -2.47. The van der Waals surface area contributed by atoms with E-state index in [0.717, 1.165) is 36.8 Å². The van der Waals surface area contributed by atoms with Gasteiger partial charge in [-0.25, -0.2) is 9.78 Å². The number of benzene rings is 1. The van der Waals surface area contributed by atoms with E-state index in [9.17, 15) is 14.4 Å². The van der Waals surface area contributed by atoms with E-state index in [1.807, 2.05) is 18.2 Å². The van der Waals surface area contributed by atoms with Crippen LogP contribution in [0.2, 0.25) is 0 Å². The van der Waals surface area contributed by atoms with Gasteiger partial charge in [-0.05, 0) is 36.6 Å². The van der Waals surface area contributed by atoms with Crippen LogP contribution >= 0.6 is 0 Å². The number of methoxy groups -OCH3 is 2. The monoisotopic (exact) mass is 505 g/mol. The number of fused-ring (bicyclic) bond motifs is 1. The predicted octanol–water partition coefficient (Wildman–Crippen LogP) is 3.89. The summed E-state index contributed by atoms with van der Waals surface area (Å²) in [5.74, 6) is 1.23. The van der Waals surface area contributed by atoms with Crippen LogP contribution in [-0.4, -0.2) is 54.5 Å². The Morgan fingerprint density at radius 1 is 1.16 bits per heavy atom. The number of ether oxygens (including phenoxy) is 3. The second kappa shape index (κ2) is 10.6. The van der Waals surface area contributed by atoms with E-state index in [2.05, 4.69) is 10.3 Å². The largest absolute Gasteiger partial charge is 0.496 e. The fourth-order valence-corrected chi connectivity index (χ4v) is 5.49. The van der Waals surface area contributed by atoms with Crippen molar-refractivity contribution in [3.63, 3.8) is 0 Å². The molecule has 1 aromatic heterocycles. The van der Waals surface area contributed by atoms with E-state index in [-0.39, 0.29) is 17.4 Å². The van der Waals surface area contributed by atoms with Crippen LogP contribution in [0, 0.1) is 5.92 Å². The molecule has 1 saturated carbocycles. The van der Waals surface area contributed by atoms with Crippen molar-refractivity contribution < 1.29 is 28.6 Å². The first-order chi connectivity index (χ1) is 18.0. The zero-order chi connectivity index (χ0) is 25.9. The molecule has 1 aromatic carbocycles. The lowest BCUT2D eigenvalue weighted by molar-refractivity contribution is -0.135. The molecular formula is C28H31N3O6. The number of aromatic nitrogens is 1. The minimum absolute atomic E-state index is 0.270. The predicted molar refractivity (Wildman–Crippen MR) is 135 cm³/mol.